The monoisotopic (exact) mass is 378 g/mol. The molecule has 0 atom stereocenters. The van der Waals surface area contributed by atoms with Gasteiger partial charge in [0.2, 0.25) is 0 Å². The molecule has 0 radical (unpaired) electrons. The van der Waals surface area contributed by atoms with Crippen LogP contribution in [-0.2, 0) is 0 Å². The predicted molar refractivity (Wildman–Crippen MR) is 99.5 cm³/mol. The molecule has 3 aromatic rings. The maximum Gasteiger partial charge on any atom is 0.331 e. The normalized spacial score (nSPS) is 10.2. The number of aromatic nitrogens is 2. The van der Waals surface area contributed by atoms with E-state index in [-0.39, 0.29) is 28.6 Å². The lowest BCUT2D eigenvalue weighted by atomic mass is 10.0. The van der Waals surface area contributed by atoms with Crippen molar-refractivity contribution in [3.63, 3.8) is 0 Å². The van der Waals surface area contributed by atoms with Crippen molar-refractivity contribution in [1.29, 1.82) is 5.26 Å². The molecule has 2 aromatic heterocycles. The van der Waals surface area contributed by atoms with Crippen molar-refractivity contribution in [2.75, 3.05) is 7.11 Å². The third-order valence-electron chi connectivity index (χ3n) is 3.91. The lowest BCUT2D eigenvalue weighted by Gasteiger charge is -2.12. The minimum atomic E-state index is -0.596. The number of ether oxygens (including phenoxy) is 2. The summed E-state index contributed by atoms with van der Waals surface area (Å²) < 4.78 is 10.9. The number of methoxy groups -OCH3 is 1. The summed E-state index contributed by atoms with van der Waals surface area (Å²) in [7, 11) is 1.41. The van der Waals surface area contributed by atoms with Gasteiger partial charge in [-0.3, -0.25) is 14.9 Å². The first kappa shape index (κ1) is 18.6. The van der Waals surface area contributed by atoms with Crippen LogP contribution in [0.1, 0.15) is 11.3 Å². The van der Waals surface area contributed by atoms with Crippen LogP contribution in [0.3, 0.4) is 0 Å². The molecule has 0 saturated carbocycles. The van der Waals surface area contributed by atoms with E-state index in [2.05, 4.69) is 9.97 Å². The molecule has 9 heteroatoms. The zero-order valence-electron chi connectivity index (χ0n) is 14.9. The van der Waals surface area contributed by atoms with Gasteiger partial charge in [-0.15, -0.1) is 0 Å². The number of nitrogens with zero attached hydrogens (tertiary/aromatic N) is 3. The molecule has 0 aliphatic heterocycles. The van der Waals surface area contributed by atoms with Crippen LogP contribution in [0.25, 0.3) is 11.1 Å². The van der Waals surface area contributed by atoms with Gasteiger partial charge in [0, 0.05) is 23.5 Å². The Morgan fingerprint density at radius 3 is 2.71 bits per heavy atom. The van der Waals surface area contributed by atoms with Gasteiger partial charge in [0.25, 0.3) is 11.4 Å². The van der Waals surface area contributed by atoms with Gasteiger partial charge in [0.1, 0.15) is 11.6 Å². The minimum Gasteiger partial charge on any atom is -0.493 e. The average Bonchev–Trinajstić information content (AvgIpc) is 2.68. The minimum absolute atomic E-state index is 0.0262. The number of nitriles is 1. The van der Waals surface area contributed by atoms with Gasteiger partial charge in [-0.25, -0.2) is 4.98 Å². The van der Waals surface area contributed by atoms with Crippen molar-refractivity contribution < 1.29 is 14.4 Å². The molecule has 0 amide bonds. The van der Waals surface area contributed by atoms with Gasteiger partial charge in [-0.05, 0) is 36.8 Å². The van der Waals surface area contributed by atoms with E-state index in [1.807, 2.05) is 6.07 Å². The van der Waals surface area contributed by atoms with E-state index >= 15 is 0 Å². The molecular formula is C19H14N4O5. The topological polar surface area (TPSA) is 131 Å². The third-order valence-corrected chi connectivity index (χ3v) is 3.91. The molecule has 0 unspecified atom stereocenters. The fourth-order valence-corrected chi connectivity index (χ4v) is 2.65. The molecule has 1 N–H and O–H groups in total. The first-order valence-corrected chi connectivity index (χ1v) is 8.04. The van der Waals surface area contributed by atoms with Crippen molar-refractivity contribution in [1.82, 2.24) is 9.97 Å². The Labute approximate surface area is 159 Å². The average molecular weight is 378 g/mol. The molecule has 0 spiro atoms. The molecule has 0 aliphatic rings. The molecule has 140 valence electrons. The molecule has 2 heterocycles. The lowest BCUT2D eigenvalue weighted by Crippen LogP contribution is -2.12. The fourth-order valence-electron chi connectivity index (χ4n) is 2.65. The van der Waals surface area contributed by atoms with E-state index < -0.39 is 10.5 Å². The van der Waals surface area contributed by atoms with Crippen LogP contribution in [0.5, 0.6) is 17.4 Å². The predicted octanol–water partition coefficient (Wildman–Crippen LogP) is 3.33. The fraction of sp³-hybridized carbons (Fsp3) is 0.105. The molecule has 3 rings (SSSR count). The number of benzene rings is 1. The molecule has 0 aliphatic carbocycles. The van der Waals surface area contributed by atoms with Crippen molar-refractivity contribution in [3.05, 3.63) is 74.3 Å². The maximum atomic E-state index is 12.0. The molecule has 0 fully saturated rings. The summed E-state index contributed by atoms with van der Waals surface area (Å²) in [5, 5.41) is 20.4. The third kappa shape index (κ3) is 3.52. The van der Waals surface area contributed by atoms with Crippen molar-refractivity contribution in [2.24, 2.45) is 0 Å². The standard InChI is InChI=1S/C19H14N4O5/c1-11-8-13(14(10-20)18(24)22-11)12-5-6-16(17(9-12)27-2)28-19-15(23(25)26)4-3-7-21-19/h3-9H,1-2H3,(H,22,24). The highest BCUT2D eigenvalue weighted by atomic mass is 16.6. The Hall–Kier alpha value is -4.19. The first-order chi connectivity index (χ1) is 13.4. The van der Waals surface area contributed by atoms with E-state index in [4.69, 9.17) is 9.47 Å². The van der Waals surface area contributed by atoms with Crippen LogP contribution in [0.15, 0.2) is 47.4 Å². The number of rotatable bonds is 5. The van der Waals surface area contributed by atoms with Crippen molar-refractivity contribution in [2.45, 2.75) is 6.92 Å². The van der Waals surface area contributed by atoms with Crippen LogP contribution >= 0.6 is 0 Å². The SMILES string of the molecule is COc1cc(-c2cc(C)[nH]c(=O)c2C#N)ccc1Oc1ncccc1[N+](=O)[O-]. The Morgan fingerprint density at radius 1 is 1.25 bits per heavy atom. The molecular weight excluding hydrogens is 364 g/mol. The van der Waals surface area contributed by atoms with Gasteiger partial charge in [0.05, 0.1) is 12.0 Å². The largest absolute Gasteiger partial charge is 0.493 e. The number of hydrogen-bond donors (Lipinski definition) is 1. The van der Waals surface area contributed by atoms with Crippen molar-refractivity contribution in [3.8, 4) is 34.6 Å². The number of hydrogen-bond acceptors (Lipinski definition) is 7. The number of nitrogens with one attached hydrogen (secondary N) is 1. The summed E-state index contributed by atoms with van der Waals surface area (Å²) in [6.45, 7) is 1.71. The van der Waals surface area contributed by atoms with Gasteiger partial charge >= 0.3 is 5.69 Å². The summed E-state index contributed by atoms with van der Waals surface area (Å²) in [6, 6.07) is 11.0. The van der Waals surface area contributed by atoms with Crippen LogP contribution in [-0.4, -0.2) is 22.0 Å². The molecule has 9 nitrogen and oxygen atoms in total. The van der Waals surface area contributed by atoms with E-state index in [9.17, 15) is 20.2 Å². The van der Waals surface area contributed by atoms with E-state index in [1.54, 1.807) is 25.1 Å². The quantitative estimate of drug-likeness (QED) is 0.532. The number of aryl methyl sites for hydroxylation is 1. The second-order valence-electron chi connectivity index (χ2n) is 5.73. The van der Waals surface area contributed by atoms with Crippen LogP contribution in [0.4, 0.5) is 5.69 Å². The van der Waals surface area contributed by atoms with Crippen molar-refractivity contribution >= 4 is 5.69 Å². The van der Waals surface area contributed by atoms with Crippen LogP contribution in [0, 0.1) is 28.4 Å². The molecule has 0 saturated heterocycles. The van der Waals surface area contributed by atoms with Gasteiger partial charge in [-0.2, -0.15) is 5.26 Å². The second kappa shape index (κ2) is 7.59. The van der Waals surface area contributed by atoms with E-state index in [0.717, 1.165) is 0 Å². The molecule has 1 aromatic carbocycles. The van der Waals surface area contributed by atoms with Gasteiger partial charge in [-0.1, -0.05) is 6.07 Å². The Balaban J connectivity index is 2.07. The summed E-state index contributed by atoms with van der Waals surface area (Å²) in [6.07, 6.45) is 1.38. The summed E-state index contributed by atoms with van der Waals surface area (Å²) in [4.78, 5) is 29.0. The highest BCUT2D eigenvalue weighted by Gasteiger charge is 2.19. The van der Waals surface area contributed by atoms with Gasteiger partial charge < -0.3 is 14.5 Å². The highest BCUT2D eigenvalue weighted by molar-refractivity contribution is 5.73. The number of H-pyrrole nitrogens is 1. The zero-order valence-corrected chi connectivity index (χ0v) is 14.9. The van der Waals surface area contributed by atoms with E-state index in [0.29, 0.717) is 16.8 Å². The lowest BCUT2D eigenvalue weighted by molar-refractivity contribution is -0.386. The number of aromatic amines is 1. The first-order valence-electron chi connectivity index (χ1n) is 8.04. The Morgan fingerprint density at radius 2 is 2.04 bits per heavy atom. The van der Waals surface area contributed by atoms with Crippen LogP contribution < -0.4 is 15.0 Å². The molecule has 28 heavy (non-hydrogen) atoms. The maximum absolute atomic E-state index is 12.0. The van der Waals surface area contributed by atoms with E-state index in [1.165, 1.54) is 31.5 Å². The summed E-state index contributed by atoms with van der Waals surface area (Å²) in [5.74, 6) is 0.288. The molecule has 0 bridgehead atoms. The summed E-state index contributed by atoms with van der Waals surface area (Å²) >= 11 is 0. The number of pyridine rings is 2. The summed E-state index contributed by atoms with van der Waals surface area (Å²) in [5.41, 5.74) is 0.804. The smallest absolute Gasteiger partial charge is 0.331 e. The Kier molecular flexibility index (Phi) is 5.04. The Bertz CT molecular complexity index is 1160. The second-order valence-corrected chi connectivity index (χ2v) is 5.73. The van der Waals surface area contributed by atoms with Gasteiger partial charge in [0.15, 0.2) is 11.5 Å². The number of nitro groups is 1. The van der Waals surface area contributed by atoms with Crippen LogP contribution in [0.2, 0.25) is 0 Å². The zero-order chi connectivity index (χ0) is 20.3. The highest BCUT2D eigenvalue weighted by Crippen LogP contribution is 2.37.